The van der Waals surface area contributed by atoms with E-state index >= 15 is 0 Å². The van der Waals surface area contributed by atoms with E-state index in [4.69, 9.17) is 32.9 Å². The average molecular weight is 464 g/mol. The van der Waals surface area contributed by atoms with Gasteiger partial charge >= 0.3 is 0 Å². The van der Waals surface area contributed by atoms with Crippen LogP contribution in [0.5, 0.6) is 0 Å². The summed E-state index contributed by atoms with van der Waals surface area (Å²) >= 11 is 13.8. The van der Waals surface area contributed by atoms with Gasteiger partial charge in [-0.05, 0) is 49.2 Å². The largest absolute Gasteiger partial charge is 0.379 e. The van der Waals surface area contributed by atoms with E-state index in [1.165, 1.54) is 11.3 Å². The number of amides is 1. The second-order valence-corrected chi connectivity index (χ2v) is 9.22. The molecule has 1 fully saturated rings. The Hall–Kier alpha value is -1.70. The van der Waals surface area contributed by atoms with E-state index in [0.29, 0.717) is 27.3 Å². The lowest BCUT2D eigenvalue weighted by atomic mass is 10.2. The van der Waals surface area contributed by atoms with Gasteiger partial charge in [-0.25, -0.2) is 4.98 Å². The molecule has 3 aromatic rings. The Morgan fingerprint density at radius 3 is 2.77 bits per heavy atom. The summed E-state index contributed by atoms with van der Waals surface area (Å²) in [5, 5.41) is 1.90. The van der Waals surface area contributed by atoms with Crippen molar-refractivity contribution in [2.45, 2.75) is 13.3 Å². The van der Waals surface area contributed by atoms with Crippen LogP contribution in [0.4, 0.5) is 5.13 Å². The Morgan fingerprint density at radius 1 is 1.20 bits per heavy atom. The average Bonchev–Trinajstić information content (AvgIpc) is 3.15. The third-order valence-corrected chi connectivity index (χ3v) is 6.63. The maximum atomic E-state index is 13.4. The molecule has 2 aromatic carbocycles. The van der Waals surface area contributed by atoms with Gasteiger partial charge in [-0.3, -0.25) is 14.6 Å². The van der Waals surface area contributed by atoms with Crippen molar-refractivity contribution < 1.29 is 9.53 Å². The first-order valence-corrected chi connectivity index (χ1v) is 11.5. The summed E-state index contributed by atoms with van der Waals surface area (Å²) < 4.78 is 6.40. The van der Waals surface area contributed by atoms with Crippen molar-refractivity contribution in [3.63, 3.8) is 0 Å². The second kappa shape index (κ2) is 9.62. The molecule has 0 saturated carbocycles. The highest BCUT2D eigenvalue weighted by Gasteiger charge is 2.22. The molecule has 0 spiro atoms. The van der Waals surface area contributed by atoms with Gasteiger partial charge in [0.1, 0.15) is 0 Å². The van der Waals surface area contributed by atoms with Crippen LogP contribution in [0.15, 0.2) is 36.4 Å². The van der Waals surface area contributed by atoms with Crippen LogP contribution < -0.4 is 4.90 Å². The first kappa shape index (κ1) is 21.5. The van der Waals surface area contributed by atoms with Crippen LogP contribution in [0.2, 0.25) is 10.0 Å². The van der Waals surface area contributed by atoms with Crippen molar-refractivity contribution in [3.8, 4) is 0 Å². The molecular weight excluding hydrogens is 441 g/mol. The molecule has 0 radical (unpaired) electrons. The Kier molecular flexibility index (Phi) is 6.91. The van der Waals surface area contributed by atoms with Crippen LogP contribution in [-0.4, -0.2) is 55.2 Å². The molecule has 0 aliphatic carbocycles. The van der Waals surface area contributed by atoms with Crippen LogP contribution in [0.1, 0.15) is 22.3 Å². The highest BCUT2D eigenvalue weighted by atomic mass is 35.5. The monoisotopic (exact) mass is 463 g/mol. The van der Waals surface area contributed by atoms with E-state index in [2.05, 4.69) is 4.90 Å². The number of carbonyl (C=O) groups is 1. The molecule has 1 aliphatic heterocycles. The maximum absolute atomic E-state index is 13.4. The predicted molar refractivity (Wildman–Crippen MR) is 124 cm³/mol. The summed E-state index contributed by atoms with van der Waals surface area (Å²) in [6.45, 7) is 6.88. The number of carbonyl (C=O) groups excluding carboxylic acids is 1. The van der Waals surface area contributed by atoms with Gasteiger partial charge in [0.2, 0.25) is 0 Å². The fourth-order valence-corrected chi connectivity index (χ4v) is 5.23. The highest BCUT2D eigenvalue weighted by Crippen LogP contribution is 2.34. The number of hydrogen-bond donors (Lipinski definition) is 0. The molecule has 1 amide bonds. The molecule has 2 heterocycles. The lowest BCUT2D eigenvalue weighted by molar-refractivity contribution is 0.0376. The van der Waals surface area contributed by atoms with Gasteiger partial charge in [0.05, 0.1) is 23.4 Å². The zero-order valence-electron chi connectivity index (χ0n) is 16.7. The van der Waals surface area contributed by atoms with E-state index in [1.54, 1.807) is 29.2 Å². The number of hydrogen-bond acceptors (Lipinski definition) is 5. The van der Waals surface area contributed by atoms with Crippen LogP contribution in [0.3, 0.4) is 0 Å². The molecule has 4 rings (SSSR count). The molecule has 1 saturated heterocycles. The molecule has 0 unspecified atom stereocenters. The minimum Gasteiger partial charge on any atom is -0.379 e. The number of ether oxygens (including phenoxy) is 1. The van der Waals surface area contributed by atoms with Crippen LogP contribution in [0, 0.1) is 6.92 Å². The van der Waals surface area contributed by atoms with Gasteiger partial charge in [-0.15, -0.1) is 0 Å². The number of aromatic nitrogens is 1. The number of rotatable bonds is 6. The predicted octanol–water partition coefficient (Wildman–Crippen LogP) is 5.28. The Bertz CT molecular complexity index is 1050. The number of aryl methyl sites for hydroxylation is 1. The molecule has 1 aliphatic rings. The number of anilines is 1. The number of thiazole rings is 1. The lowest BCUT2D eigenvalue weighted by Gasteiger charge is -2.27. The van der Waals surface area contributed by atoms with E-state index < -0.39 is 0 Å². The zero-order valence-corrected chi connectivity index (χ0v) is 19.1. The number of fused-ring (bicyclic) bond motifs is 1. The normalized spacial score (nSPS) is 14.9. The van der Waals surface area contributed by atoms with E-state index in [0.717, 1.165) is 55.0 Å². The van der Waals surface area contributed by atoms with Crippen LogP contribution >= 0.6 is 34.5 Å². The number of nitrogens with zero attached hydrogens (tertiary/aromatic N) is 3. The minimum absolute atomic E-state index is 0.0951. The summed E-state index contributed by atoms with van der Waals surface area (Å²) in [6, 6.07) is 10.9. The van der Waals surface area contributed by atoms with Gasteiger partial charge in [0.15, 0.2) is 5.13 Å². The van der Waals surface area contributed by atoms with Crippen molar-refractivity contribution in [1.29, 1.82) is 0 Å². The van der Waals surface area contributed by atoms with Crippen molar-refractivity contribution in [3.05, 3.63) is 57.6 Å². The van der Waals surface area contributed by atoms with Gasteiger partial charge in [-0.2, -0.15) is 0 Å². The van der Waals surface area contributed by atoms with Crippen molar-refractivity contribution >= 4 is 55.8 Å². The van der Waals surface area contributed by atoms with Crippen molar-refractivity contribution in [1.82, 2.24) is 9.88 Å². The highest BCUT2D eigenvalue weighted by molar-refractivity contribution is 7.22. The molecule has 0 atom stereocenters. The fraction of sp³-hybridized carbons (Fsp3) is 0.364. The van der Waals surface area contributed by atoms with E-state index in [1.807, 2.05) is 19.1 Å². The summed E-state index contributed by atoms with van der Waals surface area (Å²) in [5.74, 6) is -0.0951. The number of morpholine rings is 1. The summed E-state index contributed by atoms with van der Waals surface area (Å²) in [6.07, 6.45) is 0.849. The third kappa shape index (κ3) is 4.95. The van der Waals surface area contributed by atoms with Gasteiger partial charge < -0.3 is 4.74 Å². The van der Waals surface area contributed by atoms with Crippen molar-refractivity contribution in [2.75, 3.05) is 44.3 Å². The molecule has 1 aromatic heterocycles. The molecule has 0 N–H and O–H groups in total. The maximum Gasteiger partial charge on any atom is 0.260 e. The number of benzene rings is 2. The molecule has 30 heavy (non-hydrogen) atoms. The molecule has 8 heteroatoms. The summed E-state index contributed by atoms with van der Waals surface area (Å²) in [7, 11) is 0. The van der Waals surface area contributed by atoms with Crippen molar-refractivity contribution in [2.24, 2.45) is 0 Å². The Morgan fingerprint density at radius 2 is 2.00 bits per heavy atom. The fourth-order valence-electron chi connectivity index (χ4n) is 3.60. The lowest BCUT2D eigenvalue weighted by Crippen LogP contribution is -2.39. The summed E-state index contributed by atoms with van der Waals surface area (Å²) in [5.41, 5.74) is 2.45. The first-order chi connectivity index (χ1) is 14.5. The molecule has 0 bridgehead atoms. The Balaban J connectivity index is 1.60. The smallest absolute Gasteiger partial charge is 0.260 e. The minimum atomic E-state index is -0.0951. The third-order valence-electron chi connectivity index (χ3n) is 5.15. The number of halogens is 2. The Labute approximate surface area is 190 Å². The van der Waals surface area contributed by atoms with Gasteiger partial charge in [0.25, 0.3) is 5.91 Å². The van der Waals surface area contributed by atoms with Gasteiger partial charge in [0, 0.05) is 41.8 Å². The van der Waals surface area contributed by atoms with E-state index in [-0.39, 0.29) is 5.91 Å². The molecule has 158 valence electrons. The molecule has 5 nitrogen and oxygen atoms in total. The first-order valence-electron chi connectivity index (χ1n) is 9.95. The van der Waals surface area contributed by atoms with E-state index in [9.17, 15) is 4.79 Å². The standard InChI is InChI=1S/C22H23Cl2N3O2S/c1-15-12-18(24)14-19-20(15)25-22(30-19)27(7-3-6-26-8-10-29-11-9-26)21(28)16-4-2-5-17(23)13-16/h2,4-5,12-14H,3,6-11H2,1H3. The van der Waals surface area contributed by atoms with Crippen LogP contribution in [0.25, 0.3) is 10.2 Å². The topological polar surface area (TPSA) is 45.7 Å². The zero-order chi connectivity index (χ0) is 21.1. The second-order valence-electron chi connectivity index (χ2n) is 7.34. The van der Waals surface area contributed by atoms with Gasteiger partial charge in [-0.1, -0.05) is 40.6 Å². The summed E-state index contributed by atoms with van der Waals surface area (Å²) in [4.78, 5) is 22.3. The van der Waals surface area contributed by atoms with Crippen LogP contribution in [-0.2, 0) is 4.74 Å². The SMILES string of the molecule is Cc1cc(Cl)cc2sc(N(CCCN3CCOCC3)C(=O)c3cccc(Cl)c3)nc12. The quantitative estimate of drug-likeness (QED) is 0.498. The molecular formula is C22H23Cl2N3O2S.